The fourth-order valence-corrected chi connectivity index (χ4v) is 2.39. The summed E-state index contributed by atoms with van der Waals surface area (Å²) in [5, 5.41) is 9.17. The zero-order valence-corrected chi connectivity index (χ0v) is 12.5. The Hall–Kier alpha value is -2.20. The second-order valence-electron chi connectivity index (χ2n) is 5.48. The molecule has 0 bridgehead atoms. The molecule has 2 heterocycles. The van der Waals surface area contributed by atoms with Crippen LogP contribution in [-0.4, -0.2) is 14.8 Å². The van der Waals surface area contributed by atoms with Crippen LogP contribution in [0.5, 0.6) is 0 Å². The van der Waals surface area contributed by atoms with E-state index in [0.717, 1.165) is 24.3 Å². The number of fused-ring (bicyclic) bond motifs is 1. The van der Waals surface area contributed by atoms with E-state index in [0.29, 0.717) is 6.04 Å². The topological polar surface area (TPSA) is 42.7 Å². The van der Waals surface area contributed by atoms with Crippen LogP contribution in [0.1, 0.15) is 31.1 Å². The minimum atomic E-state index is 0.404. The normalized spacial score (nSPS) is 11.4. The number of nitrogens with one attached hydrogen (secondary N) is 1. The van der Waals surface area contributed by atoms with Crippen LogP contribution in [-0.2, 0) is 13.1 Å². The molecule has 3 aromatic rings. The Morgan fingerprint density at radius 1 is 1.10 bits per heavy atom. The number of hydrogen-bond donors (Lipinski definition) is 1. The van der Waals surface area contributed by atoms with Crippen LogP contribution >= 0.6 is 0 Å². The zero-order valence-electron chi connectivity index (χ0n) is 12.5. The highest BCUT2D eigenvalue weighted by atomic mass is 15.3. The molecule has 0 aliphatic carbocycles. The van der Waals surface area contributed by atoms with Crippen LogP contribution in [0.4, 0.5) is 0 Å². The molecule has 0 atom stereocenters. The summed E-state index contributed by atoms with van der Waals surface area (Å²) >= 11 is 0. The van der Waals surface area contributed by atoms with E-state index in [-0.39, 0.29) is 0 Å². The SMILES string of the molecule is CC(C)n1ccc(CNCc2cccc3cccnc23)n1. The van der Waals surface area contributed by atoms with E-state index in [1.54, 1.807) is 0 Å². The molecule has 0 saturated carbocycles. The summed E-state index contributed by atoms with van der Waals surface area (Å²) in [4.78, 5) is 4.47. The van der Waals surface area contributed by atoms with Crippen molar-refractivity contribution in [2.24, 2.45) is 0 Å². The largest absolute Gasteiger partial charge is 0.307 e. The van der Waals surface area contributed by atoms with Crippen molar-refractivity contribution in [1.29, 1.82) is 0 Å². The minimum absolute atomic E-state index is 0.404. The lowest BCUT2D eigenvalue weighted by Crippen LogP contribution is -2.14. The van der Waals surface area contributed by atoms with E-state index in [9.17, 15) is 0 Å². The zero-order chi connectivity index (χ0) is 14.7. The highest BCUT2D eigenvalue weighted by Gasteiger charge is 2.04. The van der Waals surface area contributed by atoms with Gasteiger partial charge in [-0.25, -0.2) is 0 Å². The maximum atomic E-state index is 4.54. The number of benzene rings is 1. The third kappa shape index (κ3) is 3.11. The summed E-state index contributed by atoms with van der Waals surface area (Å²) in [7, 11) is 0. The van der Waals surface area contributed by atoms with Gasteiger partial charge in [0.1, 0.15) is 0 Å². The van der Waals surface area contributed by atoms with Crippen LogP contribution in [0, 0.1) is 0 Å². The first-order valence-corrected chi connectivity index (χ1v) is 7.31. The van der Waals surface area contributed by atoms with Gasteiger partial charge in [0.15, 0.2) is 0 Å². The summed E-state index contributed by atoms with van der Waals surface area (Å²) < 4.78 is 1.98. The lowest BCUT2D eigenvalue weighted by molar-refractivity contribution is 0.521. The molecular formula is C17H20N4. The van der Waals surface area contributed by atoms with E-state index in [1.165, 1.54) is 10.9 Å². The third-order valence-electron chi connectivity index (χ3n) is 3.53. The van der Waals surface area contributed by atoms with Gasteiger partial charge < -0.3 is 5.32 Å². The van der Waals surface area contributed by atoms with Crippen molar-refractivity contribution in [2.75, 3.05) is 0 Å². The molecule has 0 aliphatic heterocycles. The molecule has 0 unspecified atom stereocenters. The minimum Gasteiger partial charge on any atom is -0.307 e. The first-order valence-electron chi connectivity index (χ1n) is 7.31. The molecule has 2 aromatic heterocycles. The Kier molecular flexibility index (Phi) is 3.97. The van der Waals surface area contributed by atoms with Gasteiger partial charge in [-0.3, -0.25) is 9.67 Å². The smallest absolute Gasteiger partial charge is 0.0762 e. The van der Waals surface area contributed by atoms with Gasteiger partial charge in [0.2, 0.25) is 0 Å². The number of hydrogen-bond acceptors (Lipinski definition) is 3. The van der Waals surface area contributed by atoms with Crippen LogP contribution < -0.4 is 5.32 Å². The third-order valence-corrected chi connectivity index (χ3v) is 3.53. The maximum absolute atomic E-state index is 4.54. The maximum Gasteiger partial charge on any atom is 0.0762 e. The van der Waals surface area contributed by atoms with E-state index >= 15 is 0 Å². The van der Waals surface area contributed by atoms with Gasteiger partial charge >= 0.3 is 0 Å². The van der Waals surface area contributed by atoms with E-state index in [4.69, 9.17) is 0 Å². The predicted molar refractivity (Wildman–Crippen MR) is 84.9 cm³/mol. The highest BCUT2D eigenvalue weighted by molar-refractivity contribution is 5.81. The Balaban J connectivity index is 1.66. The van der Waals surface area contributed by atoms with E-state index < -0.39 is 0 Å². The average Bonchev–Trinajstić information content (AvgIpc) is 2.97. The average molecular weight is 280 g/mol. The number of aromatic nitrogens is 3. The Bertz CT molecular complexity index is 725. The van der Waals surface area contributed by atoms with Gasteiger partial charge in [-0.2, -0.15) is 5.10 Å². The quantitative estimate of drug-likeness (QED) is 0.779. The molecule has 1 aromatic carbocycles. The van der Waals surface area contributed by atoms with Crippen molar-refractivity contribution in [1.82, 2.24) is 20.1 Å². The van der Waals surface area contributed by atoms with E-state index in [1.807, 2.05) is 23.1 Å². The van der Waals surface area contributed by atoms with Crippen molar-refractivity contribution in [2.45, 2.75) is 33.0 Å². The number of para-hydroxylation sites is 1. The summed E-state index contributed by atoms with van der Waals surface area (Å²) in [5.74, 6) is 0. The monoisotopic (exact) mass is 280 g/mol. The van der Waals surface area contributed by atoms with Gasteiger partial charge in [-0.1, -0.05) is 24.3 Å². The fraction of sp³-hybridized carbons (Fsp3) is 0.294. The Morgan fingerprint density at radius 2 is 1.95 bits per heavy atom. The summed E-state index contributed by atoms with van der Waals surface area (Å²) in [6.07, 6.45) is 3.87. The molecule has 0 spiro atoms. The van der Waals surface area contributed by atoms with Crippen LogP contribution in [0.15, 0.2) is 48.8 Å². The summed E-state index contributed by atoms with van der Waals surface area (Å²) in [5.41, 5.74) is 3.36. The molecule has 0 radical (unpaired) electrons. The molecular weight excluding hydrogens is 260 g/mol. The fourth-order valence-electron chi connectivity index (χ4n) is 2.39. The van der Waals surface area contributed by atoms with Gasteiger partial charge in [0, 0.05) is 36.9 Å². The second-order valence-corrected chi connectivity index (χ2v) is 5.48. The van der Waals surface area contributed by atoms with Gasteiger partial charge in [0.25, 0.3) is 0 Å². The highest BCUT2D eigenvalue weighted by Crippen LogP contribution is 2.15. The molecule has 3 rings (SSSR count). The molecule has 21 heavy (non-hydrogen) atoms. The van der Waals surface area contributed by atoms with Crippen LogP contribution in [0.2, 0.25) is 0 Å². The molecule has 0 fully saturated rings. The second kappa shape index (κ2) is 6.06. The standard InChI is InChI=1S/C17H20N4/c1-13(2)21-10-8-16(20-21)12-18-11-15-6-3-5-14-7-4-9-19-17(14)15/h3-10,13,18H,11-12H2,1-2H3. The van der Waals surface area contributed by atoms with Crippen molar-refractivity contribution in [3.63, 3.8) is 0 Å². The van der Waals surface area contributed by atoms with Crippen LogP contribution in [0.25, 0.3) is 10.9 Å². The van der Waals surface area contributed by atoms with Crippen molar-refractivity contribution < 1.29 is 0 Å². The van der Waals surface area contributed by atoms with Gasteiger partial charge in [-0.05, 0) is 31.5 Å². The molecule has 0 saturated heterocycles. The summed E-state index contributed by atoms with van der Waals surface area (Å²) in [6.45, 7) is 5.82. The molecule has 4 nitrogen and oxygen atoms in total. The van der Waals surface area contributed by atoms with Gasteiger partial charge in [-0.15, -0.1) is 0 Å². The molecule has 4 heteroatoms. The molecule has 0 aliphatic rings. The first kappa shape index (κ1) is 13.8. The molecule has 108 valence electrons. The number of pyridine rings is 1. The Labute approximate surface area is 124 Å². The van der Waals surface area contributed by atoms with Crippen molar-refractivity contribution in [3.05, 3.63) is 60.0 Å². The summed E-state index contributed by atoms with van der Waals surface area (Å²) in [6, 6.07) is 12.8. The lowest BCUT2D eigenvalue weighted by atomic mass is 10.1. The molecule has 1 N–H and O–H groups in total. The van der Waals surface area contributed by atoms with Crippen LogP contribution in [0.3, 0.4) is 0 Å². The predicted octanol–water partition coefficient (Wildman–Crippen LogP) is 3.30. The first-order chi connectivity index (χ1) is 10.2. The Morgan fingerprint density at radius 3 is 2.76 bits per heavy atom. The van der Waals surface area contributed by atoms with Crippen molar-refractivity contribution >= 4 is 10.9 Å². The molecule has 0 amide bonds. The van der Waals surface area contributed by atoms with E-state index in [2.05, 4.69) is 59.6 Å². The number of rotatable bonds is 5. The number of nitrogens with zero attached hydrogens (tertiary/aromatic N) is 3. The van der Waals surface area contributed by atoms with Gasteiger partial charge in [0.05, 0.1) is 11.2 Å². The van der Waals surface area contributed by atoms with Crippen molar-refractivity contribution in [3.8, 4) is 0 Å². The lowest BCUT2D eigenvalue weighted by Gasteiger charge is -2.07.